The first-order valence-electron chi connectivity index (χ1n) is 4.62. The van der Waals surface area contributed by atoms with Crippen molar-refractivity contribution in [3.63, 3.8) is 0 Å². The van der Waals surface area contributed by atoms with E-state index in [1.165, 1.54) is 0 Å². The molecule has 1 aromatic carbocycles. The minimum Gasteiger partial charge on any atom is -0.383 e. The van der Waals surface area contributed by atoms with Gasteiger partial charge in [-0.25, -0.2) is 0 Å². The maximum Gasteiger partial charge on any atom is 0.0663 e. The molecular weight excluding hydrogens is 198 g/mol. The number of ether oxygens (including phenoxy) is 1. The second-order valence-corrected chi connectivity index (χ2v) is 3.83. The molecule has 0 spiro atoms. The lowest BCUT2D eigenvalue weighted by atomic mass is 10.2. The number of hydrogen-bond acceptors (Lipinski definition) is 2. The molecule has 2 nitrogen and oxygen atoms in total. The predicted octanol–water partition coefficient (Wildman–Crippen LogP) is 2.81. The van der Waals surface area contributed by atoms with E-state index in [1.807, 2.05) is 31.3 Å². The highest BCUT2D eigenvalue weighted by Gasteiger charge is 2.08. The molecule has 0 heterocycles. The van der Waals surface area contributed by atoms with Crippen LogP contribution in [0, 0.1) is 0 Å². The highest BCUT2D eigenvalue weighted by Crippen LogP contribution is 2.18. The molecule has 0 aliphatic carbocycles. The van der Waals surface area contributed by atoms with Crippen molar-refractivity contribution in [3.05, 3.63) is 29.3 Å². The molecule has 1 atom stereocenters. The van der Waals surface area contributed by atoms with Crippen LogP contribution in [0.4, 0.5) is 5.69 Å². The average molecular weight is 214 g/mol. The van der Waals surface area contributed by atoms with Crippen LogP contribution in [-0.4, -0.2) is 26.8 Å². The van der Waals surface area contributed by atoms with Crippen LogP contribution in [0.15, 0.2) is 24.3 Å². The maximum absolute atomic E-state index is 5.81. The van der Waals surface area contributed by atoms with Gasteiger partial charge in [-0.2, -0.15) is 0 Å². The highest BCUT2D eigenvalue weighted by molar-refractivity contribution is 6.30. The lowest BCUT2D eigenvalue weighted by Crippen LogP contribution is -2.32. The van der Waals surface area contributed by atoms with Crippen molar-refractivity contribution in [1.29, 1.82) is 0 Å². The Kier molecular flexibility index (Phi) is 4.23. The van der Waals surface area contributed by atoms with Crippen LogP contribution in [0.5, 0.6) is 0 Å². The van der Waals surface area contributed by atoms with Gasteiger partial charge in [-0.1, -0.05) is 11.6 Å². The van der Waals surface area contributed by atoms with E-state index in [0.29, 0.717) is 6.04 Å². The number of likely N-dealkylation sites (N-methyl/N-ethyl adjacent to an activating group) is 1. The summed E-state index contributed by atoms with van der Waals surface area (Å²) in [5.41, 5.74) is 1.15. The molecule has 0 aromatic heterocycles. The Morgan fingerprint density at radius 2 is 1.93 bits per heavy atom. The van der Waals surface area contributed by atoms with Crippen molar-refractivity contribution in [1.82, 2.24) is 0 Å². The average Bonchev–Trinajstić information content (AvgIpc) is 2.18. The van der Waals surface area contributed by atoms with Crippen LogP contribution < -0.4 is 4.90 Å². The molecule has 0 aliphatic rings. The molecule has 0 saturated heterocycles. The monoisotopic (exact) mass is 213 g/mol. The number of methoxy groups -OCH3 is 1. The Morgan fingerprint density at radius 1 is 1.36 bits per heavy atom. The molecule has 14 heavy (non-hydrogen) atoms. The fraction of sp³-hybridized carbons (Fsp3) is 0.455. The summed E-state index contributed by atoms with van der Waals surface area (Å²) in [7, 11) is 3.76. The van der Waals surface area contributed by atoms with Crippen molar-refractivity contribution in [2.24, 2.45) is 0 Å². The zero-order valence-corrected chi connectivity index (χ0v) is 9.58. The molecule has 3 heteroatoms. The molecule has 78 valence electrons. The SMILES string of the molecule is COCC(C)N(C)c1ccc(Cl)cc1. The van der Waals surface area contributed by atoms with Gasteiger partial charge >= 0.3 is 0 Å². The molecule has 0 saturated carbocycles. The van der Waals surface area contributed by atoms with Gasteiger partial charge in [0.1, 0.15) is 0 Å². The smallest absolute Gasteiger partial charge is 0.0663 e. The second kappa shape index (κ2) is 5.23. The van der Waals surface area contributed by atoms with Gasteiger partial charge in [-0.3, -0.25) is 0 Å². The number of benzene rings is 1. The van der Waals surface area contributed by atoms with Crippen LogP contribution in [0.3, 0.4) is 0 Å². The van der Waals surface area contributed by atoms with Crippen molar-refractivity contribution in [2.75, 3.05) is 25.7 Å². The highest BCUT2D eigenvalue weighted by atomic mass is 35.5. The Bertz CT molecular complexity index is 273. The van der Waals surface area contributed by atoms with Crippen LogP contribution >= 0.6 is 11.6 Å². The first-order valence-corrected chi connectivity index (χ1v) is 5.00. The Hall–Kier alpha value is -0.730. The van der Waals surface area contributed by atoms with Gasteiger partial charge in [0.05, 0.1) is 6.61 Å². The van der Waals surface area contributed by atoms with Crippen LogP contribution in [0.25, 0.3) is 0 Å². The first-order chi connectivity index (χ1) is 6.65. The fourth-order valence-electron chi connectivity index (χ4n) is 1.28. The van der Waals surface area contributed by atoms with Gasteiger partial charge in [0.15, 0.2) is 0 Å². The normalized spacial score (nSPS) is 12.6. The van der Waals surface area contributed by atoms with E-state index in [-0.39, 0.29) is 0 Å². The van der Waals surface area contributed by atoms with Crippen molar-refractivity contribution in [3.8, 4) is 0 Å². The Balaban J connectivity index is 2.68. The zero-order chi connectivity index (χ0) is 10.6. The first kappa shape index (κ1) is 11.3. The van der Waals surface area contributed by atoms with E-state index in [2.05, 4.69) is 11.8 Å². The Labute approximate surface area is 90.4 Å². The maximum atomic E-state index is 5.81. The topological polar surface area (TPSA) is 12.5 Å². The fourth-order valence-corrected chi connectivity index (χ4v) is 1.41. The van der Waals surface area contributed by atoms with E-state index in [0.717, 1.165) is 17.3 Å². The number of rotatable bonds is 4. The summed E-state index contributed by atoms with van der Waals surface area (Å²) in [4.78, 5) is 2.17. The van der Waals surface area contributed by atoms with Gasteiger partial charge in [-0.15, -0.1) is 0 Å². The third-order valence-corrected chi connectivity index (χ3v) is 2.55. The number of nitrogens with zero attached hydrogens (tertiary/aromatic N) is 1. The summed E-state index contributed by atoms with van der Waals surface area (Å²) in [5, 5.41) is 0.765. The summed E-state index contributed by atoms with van der Waals surface area (Å²) in [5.74, 6) is 0. The van der Waals surface area contributed by atoms with Gasteiger partial charge in [-0.05, 0) is 31.2 Å². The number of anilines is 1. The molecule has 1 aromatic rings. The van der Waals surface area contributed by atoms with E-state index in [9.17, 15) is 0 Å². The van der Waals surface area contributed by atoms with Crippen LogP contribution in [0.2, 0.25) is 5.02 Å². The van der Waals surface area contributed by atoms with E-state index in [1.54, 1.807) is 7.11 Å². The molecule has 0 aliphatic heterocycles. The van der Waals surface area contributed by atoms with E-state index < -0.39 is 0 Å². The van der Waals surface area contributed by atoms with E-state index in [4.69, 9.17) is 16.3 Å². The molecule has 0 amide bonds. The second-order valence-electron chi connectivity index (χ2n) is 3.39. The molecule has 0 N–H and O–H groups in total. The van der Waals surface area contributed by atoms with Gasteiger partial charge in [0.2, 0.25) is 0 Å². The third-order valence-electron chi connectivity index (χ3n) is 2.30. The lowest BCUT2D eigenvalue weighted by Gasteiger charge is -2.26. The van der Waals surface area contributed by atoms with Crippen LogP contribution in [0.1, 0.15) is 6.92 Å². The molecule has 0 radical (unpaired) electrons. The molecule has 0 fully saturated rings. The number of halogens is 1. The largest absolute Gasteiger partial charge is 0.383 e. The van der Waals surface area contributed by atoms with Crippen molar-refractivity contribution < 1.29 is 4.74 Å². The summed E-state index contributed by atoms with van der Waals surface area (Å²) < 4.78 is 5.10. The van der Waals surface area contributed by atoms with Crippen molar-refractivity contribution >= 4 is 17.3 Å². The van der Waals surface area contributed by atoms with Gasteiger partial charge in [0, 0.05) is 30.9 Å². The molecule has 0 bridgehead atoms. The van der Waals surface area contributed by atoms with Gasteiger partial charge in [0.25, 0.3) is 0 Å². The van der Waals surface area contributed by atoms with Crippen molar-refractivity contribution in [2.45, 2.75) is 13.0 Å². The minimum absolute atomic E-state index is 0.362. The standard InChI is InChI=1S/C11H16ClNO/c1-9(8-14-3)13(2)11-6-4-10(12)5-7-11/h4-7,9H,8H2,1-3H3. The zero-order valence-electron chi connectivity index (χ0n) is 8.83. The summed E-state index contributed by atoms with van der Waals surface area (Å²) >= 11 is 5.81. The quantitative estimate of drug-likeness (QED) is 0.763. The predicted molar refractivity (Wildman–Crippen MR) is 61.2 cm³/mol. The van der Waals surface area contributed by atoms with E-state index >= 15 is 0 Å². The Morgan fingerprint density at radius 3 is 2.43 bits per heavy atom. The molecule has 1 rings (SSSR count). The lowest BCUT2D eigenvalue weighted by molar-refractivity contribution is 0.183. The molecular formula is C11H16ClNO. The van der Waals surface area contributed by atoms with Crippen LogP contribution in [-0.2, 0) is 4.74 Å². The summed E-state index contributed by atoms with van der Waals surface area (Å²) in [6.45, 7) is 2.84. The third kappa shape index (κ3) is 2.89. The molecule has 1 unspecified atom stereocenters. The number of hydrogen-bond donors (Lipinski definition) is 0. The summed E-state index contributed by atoms with van der Waals surface area (Å²) in [6.07, 6.45) is 0. The van der Waals surface area contributed by atoms with Gasteiger partial charge < -0.3 is 9.64 Å². The summed E-state index contributed by atoms with van der Waals surface area (Å²) in [6, 6.07) is 8.17. The minimum atomic E-state index is 0.362.